The zero-order valence-corrected chi connectivity index (χ0v) is 13.9. The standard InChI is InChI=1S/C17H18N2O4S/c20-16(8-21-12-3-1-2-4-12)19-17-18-13(9-24-17)11-5-6-14-15(7-11)23-10-22-14/h5-7,9,12H,1-4,8,10H2,(H,18,19,20). The minimum absolute atomic E-state index is 0.0869. The zero-order valence-electron chi connectivity index (χ0n) is 13.1. The van der Waals surface area contributed by atoms with Crippen molar-refractivity contribution in [1.82, 2.24) is 4.98 Å². The van der Waals surface area contributed by atoms with Crippen LogP contribution in [0.3, 0.4) is 0 Å². The maximum atomic E-state index is 12.0. The molecule has 0 atom stereocenters. The van der Waals surface area contributed by atoms with Gasteiger partial charge in [0, 0.05) is 10.9 Å². The molecule has 0 spiro atoms. The predicted octanol–water partition coefficient (Wildman–Crippen LogP) is 3.44. The summed E-state index contributed by atoms with van der Waals surface area (Å²) in [5.41, 5.74) is 1.73. The molecule has 1 aromatic heterocycles. The Morgan fingerprint density at radius 1 is 1.29 bits per heavy atom. The largest absolute Gasteiger partial charge is 0.454 e. The molecule has 126 valence electrons. The second kappa shape index (κ2) is 6.78. The first kappa shape index (κ1) is 15.4. The van der Waals surface area contributed by atoms with Crippen molar-refractivity contribution in [1.29, 1.82) is 0 Å². The normalized spacial score (nSPS) is 16.5. The van der Waals surface area contributed by atoms with Crippen LogP contribution in [-0.2, 0) is 9.53 Å². The molecule has 1 aromatic carbocycles. The Hall–Kier alpha value is -2.12. The third-order valence-corrected chi connectivity index (χ3v) is 4.93. The number of benzene rings is 1. The summed E-state index contributed by atoms with van der Waals surface area (Å²) in [5, 5.41) is 5.28. The van der Waals surface area contributed by atoms with E-state index in [1.807, 2.05) is 23.6 Å². The quantitative estimate of drug-likeness (QED) is 0.898. The van der Waals surface area contributed by atoms with E-state index in [2.05, 4.69) is 10.3 Å². The third-order valence-electron chi connectivity index (χ3n) is 4.17. The molecule has 0 saturated heterocycles. The first-order valence-corrected chi connectivity index (χ1v) is 8.93. The summed E-state index contributed by atoms with van der Waals surface area (Å²) in [6.45, 7) is 0.335. The summed E-state index contributed by atoms with van der Waals surface area (Å²) in [5.74, 6) is 1.30. The van der Waals surface area contributed by atoms with Gasteiger partial charge >= 0.3 is 0 Å². The van der Waals surface area contributed by atoms with Crippen LogP contribution in [-0.4, -0.2) is 30.4 Å². The van der Waals surface area contributed by atoms with E-state index in [1.54, 1.807) is 0 Å². The van der Waals surface area contributed by atoms with Crippen molar-refractivity contribution in [2.75, 3.05) is 18.7 Å². The highest BCUT2D eigenvalue weighted by Gasteiger charge is 2.18. The van der Waals surface area contributed by atoms with Crippen molar-refractivity contribution in [3.63, 3.8) is 0 Å². The monoisotopic (exact) mass is 346 g/mol. The summed E-state index contributed by atoms with van der Waals surface area (Å²) in [6, 6.07) is 5.69. The van der Waals surface area contributed by atoms with E-state index in [-0.39, 0.29) is 25.4 Å². The molecule has 1 aliphatic heterocycles. The van der Waals surface area contributed by atoms with Crippen LogP contribution in [0.4, 0.5) is 5.13 Å². The number of amides is 1. The summed E-state index contributed by atoms with van der Waals surface area (Å²) in [6.07, 6.45) is 4.73. The van der Waals surface area contributed by atoms with Crippen LogP contribution in [0.2, 0.25) is 0 Å². The zero-order chi connectivity index (χ0) is 16.4. The van der Waals surface area contributed by atoms with Crippen LogP contribution in [0.5, 0.6) is 11.5 Å². The number of nitrogens with zero attached hydrogens (tertiary/aromatic N) is 1. The molecule has 0 radical (unpaired) electrons. The summed E-state index contributed by atoms with van der Waals surface area (Å²) in [7, 11) is 0. The first-order valence-electron chi connectivity index (χ1n) is 8.05. The summed E-state index contributed by atoms with van der Waals surface area (Å²) < 4.78 is 16.3. The first-order chi connectivity index (χ1) is 11.8. The second-order valence-corrected chi connectivity index (χ2v) is 6.73. The fourth-order valence-electron chi connectivity index (χ4n) is 2.92. The number of aromatic nitrogens is 1. The van der Waals surface area contributed by atoms with Crippen LogP contribution in [0.25, 0.3) is 11.3 Å². The molecule has 2 aliphatic rings. The van der Waals surface area contributed by atoms with Gasteiger partial charge in [0.15, 0.2) is 16.6 Å². The second-order valence-electron chi connectivity index (χ2n) is 5.87. The average molecular weight is 346 g/mol. The maximum absolute atomic E-state index is 12.0. The number of hydrogen-bond acceptors (Lipinski definition) is 6. The van der Waals surface area contributed by atoms with Crippen molar-refractivity contribution in [2.45, 2.75) is 31.8 Å². The van der Waals surface area contributed by atoms with Crippen molar-refractivity contribution < 1.29 is 19.0 Å². The molecule has 1 N–H and O–H groups in total. The van der Waals surface area contributed by atoms with E-state index in [0.29, 0.717) is 5.13 Å². The van der Waals surface area contributed by atoms with Gasteiger partial charge < -0.3 is 14.2 Å². The summed E-state index contributed by atoms with van der Waals surface area (Å²) in [4.78, 5) is 16.4. The van der Waals surface area contributed by atoms with E-state index >= 15 is 0 Å². The lowest BCUT2D eigenvalue weighted by molar-refractivity contribution is -0.122. The van der Waals surface area contributed by atoms with Gasteiger partial charge in [-0.3, -0.25) is 10.1 Å². The van der Waals surface area contributed by atoms with Gasteiger partial charge in [0.1, 0.15) is 6.61 Å². The van der Waals surface area contributed by atoms with Crippen LogP contribution in [0.1, 0.15) is 25.7 Å². The lowest BCUT2D eigenvalue weighted by Crippen LogP contribution is -2.21. The molecule has 1 amide bonds. The van der Waals surface area contributed by atoms with Gasteiger partial charge in [0.25, 0.3) is 5.91 Å². The van der Waals surface area contributed by atoms with E-state index in [4.69, 9.17) is 14.2 Å². The van der Waals surface area contributed by atoms with Crippen LogP contribution < -0.4 is 14.8 Å². The fourth-order valence-corrected chi connectivity index (χ4v) is 3.66. The highest BCUT2D eigenvalue weighted by molar-refractivity contribution is 7.14. The van der Waals surface area contributed by atoms with E-state index < -0.39 is 0 Å². The van der Waals surface area contributed by atoms with Crippen LogP contribution in [0.15, 0.2) is 23.6 Å². The number of hydrogen-bond donors (Lipinski definition) is 1. The van der Waals surface area contributed by atoms with Crippen LogP contribution >= 0.6 is 11.3 Å². The number of anilines is 1. The number of carbonyl (C=O) groups is 1. The summed E-state index contributed by atoms with van der Waals surface area (Å²) >= 11 is 1.39. The highest BCUT2D eigenvalue weighted by Crippen LogP contribution is 2.36. The number of thiazole rings is 1. The number of carbonyl (C=O) groups excluding carboxylic acids is 1. The number of fused-ring (bicyclic) bond motifs is 1. The number of rotatable bonds is 5. The Kier molecular flexibility index (Phi) is 4.36. The molecular formula is C17H18N2O4S. The van der Waals surface area contributed by atoms with Crippen molar-refractivity contribution >= 4 is 22.4 Å². The van der Waals surface area contributed by atoms with Crippen molar-refractivity contribution in [3.05, 3.63) is 23.6 Å². The Morgan fingerprint density at radius 3 is 3.00 bits per heavy atom. The number of nitrogens with one attached hydrogen (secondary N) is 1. The molecule has 7 heteroatoms. The number of ether oxygens (including phenoxy) is 3. The van der Waals surface area contributed by atoms with E-state index in [1.165, 1.54) is 24.2 Å². The molecule has 2 aromatic rings. The minimum atomic E-state index is -0.159. The van der Waals surface area contributed by atoms with Gasteiger partial charge in [-0.15, -0.1) is 11.3 Å². The minimum Gasteiger partial charge on any atom is -0.454 e. The molecule has 1 fully saturated rings. The average Bonchev–Trinajstić information content (AvgIpc) is 3.33. The molecule has 6 nitrogen and oxygen atoms in total. The van der Waals surface area contributed by atoms with Gasteiger partial charge in [-0.2, -0.15) is 0 Å². The lowest BCUT2D eigenvalue weighted by Gasteiger charge is -2.09. The van der Waals surface area contributed by atoms with Gasteiger partial charge in [-0.05, 0) is 31.0 Å². The van der Waals surface area contributed by atoms with Gasteiger partial charge in [0.05, 0.1) is 11.8 Å². The molecule has 1 aliphatic carbocycles. The molecule has 0 unspecified atom stereocenters. The highest BCUT2D eigenvalue weighted by atomic mass is 32.1. The molecule has 24 heavy (non-hydrogen) atoms. The van der Waals surface area contributed by atoms with Gasteiger partial charge in [0.2, 0.25) is 6.79 Å². The van der Waals surface area contributed by atoms with Gasteiger partial charge in [-0.25, -0.2) is 4.98 Å². The van der Waals surface area contributed by atoms with Crippen molar-refractivity contribution in [2.24, 2.45) is 0 Å². The SMILES string of the molecule is O=C(COC1CCCC1)Nc1nc(-c2ccc3c(c2)OCO3)cs1. The maximum Gasteiger partial charge on any atom is 0.252 e. The molecule has 2 heterocycles. The molecule has 0 bridgehead atoms. The molecule has 1 saturated carbocycles. The lowest BCUT2D eigenvalue weighted by atomic mass is 10.1. The Morgan fingerprint density at radius 2 is 2.12 bits per heavy atom. The Balaban J connectivity index is 1.36. The molecular weight excluding hydrogens is 328 g/mol. The van der Waals surface area contributed by atoms with Gasteiger partial charge in [-0.1, -0.05) is 12.8 Å². The van der Waals surface area contributed by atoms with E-state index in [0.717, 1.165) is 35.6 Å². The Bertz CT molecular complexity index is 740. The Labute approximate surface area is 143 Å². The predicted molar refractivity (Wildman–Crippen MR) is 90.5 cm³/mol. The fraction of sp³-hybridized carbons (Fsp3) is 0.412. The smallest absolute Gasteiger partial charge is 0.252 e. The third kappa shape index (κ3) is 3.37. The van der Waals surface area contributed by atoms with Crippen molar-refractivity contribution in [3.8, 4) is 22.8 Å². The van der Waals surface area contributed by atoms with Crippen LogP contribution in [0, 0.1) is 0 Å². The molecule has 4 rings (SSSR count). The van der Waals surface area contributed by atoms with E-state index in [9.17, 15) is 4.79 Å². The topological polar surface area (TPSA) is 69.7 Å².